The number of hydrogen-bond acceptors (Lipinski definition) is 6. The van der Waals surface area contributed by atoms with Gasteiger partial charge in [-0.2, -0.15) is 0 Å². The predicted molar refractivity (Wildman–Crippen MR) is 143 cm³/mol. The van der Waals surface area contributed by atoms with E-state index < -0.39 is 7.12 Å². The Kier molecular flexibility index (Phi) is 6.79. The molecule has 2 aliphatic heterocycles. The van der Waals surface area contributed by atoms with Gasteiger partial charge in [0.05, 0.1) is 31.0 Å². The van der Waals surface area contributed by atoms with Crippen LogP contribution in [-0.4, -0.2) is 60.1 Å². The van der Waals surface area contributed by atoms with Gasteiger partial charge in [-0.05, 0) is 88.9 Å². The monoisotopic (exact) mass is 491 g/mol. The molecule has 4 heterocycles. The molecule has 0 aliphatic carbocycles. The minimum absolute atomic E-state index is 0.373. The van der Waals surface area contributed by atoms with Crippen molar-refractivity contribution < 1.29 is 18.8 Å². The van der Waals surface area contributed by atoms with E-state index in [9.17, 15) is 0 Å². The van der Waals surface area contributed by atoms with Crippen LogP contribution < -0.4 is 15.1 Å². The first-order valence-corrected chi connectivity index (χ1v) is 13.0. The number of benzene rings is 1. The molecule has 5 rings (SSSR count). The average molecular weight is 491 g/mol. The highest BCUT2D eigenvalue weighted by Gasteiger charge is 2.52. The molecule has 2 aliphatic rings. The molecule has 3 aromatic rings. The SMILES string of the molecule is COc1cc2c(cc1OC)CN(CCCCn1ccc3ccc(B4OC(C)(C)C(C)(C)O4)nc31)CC2. The first-order valence-electron chi connectivity index (χ1n) is 13.0. The summed E-state index contributed by atoms with van der Waals surface area (Å²) in [5.41, 5.74) is 3.79. The summed E-state index contributed by atoms with van der Waals surface area (Å²) in [7, 11) is 2.95. The number of pyridine rings is 1. The fourth-order valence-electron chi connectivity index (χ4n) is 5.10. The maximum absolute atomic E-state index is 6.22. The van der Waals surface area contributed by atoms with Crippen molar-refractivity contribution in [1.82, 2.24) is 14.5 Å². The lowest BCUT2D eigenvalue weighted by Gasteiger charge is -2.32. The first kappa shape index (κ1) is 25.1. The highest BCUT2D eigenvalue weighted by molar-refractivity contribution is 6.61. The number of nitrogens with zero attached hydrogens (tertiary/aromatic N) is 3. The van der Waals surface area contributed by atoms with E-state index in [2.05, 4.69) is 67.6 Å². The highest BCUT2D eigenvalue weighted by Crippen LogP contribution is 2.36. The van der Waals surface area contributed by atoms with Gasteiger partial charge in [0.25, 0.3) is 0 Å². The Balaban J connectivity index is 1.18. The van der Waals surface area contributed by atoms with Crippen LogP contribution in [0.2, 0.25) is 0 Å². The van der Waals surface area contributed by atoms with Crippen LogP contribution in [0.25, 0.3) is 11.0 Å². The number of unbranched alkanes of at least 4 members (excludes halogenated alkanes) is 1. The van der Waals surface area contributed by atoms with Gasteiger partial charge in [-0.15, -0.1) is 0 Å². The molecule has 0 saturated carbocycles. The topological polar surface area (TPSA) is 58.0 Å². The number of aryl methyl sites for hydroxylation is 1. The Morgan fingerprint density at radius 3 is 2.28 bits per heavy atom. The first-order chi connectivity index (χ1) is 17.2. The van der Waals surface area contributed by atoms with Crippen LogP contribution in [0.3, 0.4) is 0 Å². The van der Waals surface area contributed by atoms with E-state index in [0.717, 1.165) is 73.6 Å². The third kappa shape index (κ3) is 4.74. The van der Waals surface area contributed by atoms with Gasteiger partial charge in [-0.3, -0.25) is 4.90 Å². The standard InChI is InChI=1S/C28H38BN3O4/c1-27(2)28(3,4)36-29(35-27)25-10-9-20-12-16-32(26(20)30-25)14-8-7-13-31-15-11-21-17-23(33-5)24(34-6)18-22(21)19-31/h9-10,12,16-18H,7-8,11,13-15,19H2,1-6H3. The van der Waals surface area contributed by atoms with Gasteiger partial charge in [0, 0.05) is 31.2 Å². The van der Waals surface area contributed by atoms with Crippen molar-refractivity contribution >= 4 is 23.7 Å². The molecule has 36 heavy (non-hydrogen) atoms. The lowest BCUT2D eigenvalue weighted by Crippen LogP contribution is -2.41. The van der Waals surface area contributed by atoms with E-state index in [1.165, 1.54) is 11.1 Å². The Morgan fingerprint density at radius 1 is 0.917 bits per heavy atom. The lowest BCUT2D eigenvalue weighted by molar-refractivity contribution is 0.00578. The number of fused-ring (bicyclic) bond motifs is 2. The number of hydrogen-bond donors (Lipinski definition) is 0. The molecule has 0 radical (unpaired) electrons. The van der Waals surface area contributed by atoms with E-state index in [-0.39, 0.29) is 11.2 Å². The van der Waals surface area contributed by atoms with Gasteiger partial charge in [-0.25, -0.2) is 4.98 Å². The van der Waals surface area contributed by atoms with Crippen LogP contribution in [0.4, 0.5) is 0 Å². The molecule has 7 nitrogen and oxygen atoms in total. The minimum atomic E-state index is -0.441. The molecule has 0 spiro atoms. The van der Waals surface area contributed by atoms with Crippen LogP contribution in [0, 0.1) is 0 Å². The van der Waals surface area contributed by atoms with Gasteiger partial charge in [0.1, 0.15) is 5.65 Å². The predicted octanol–water partition coefficient (Wildman–Crippen LogP) is 4.19. The van der Waals surface area contributed by atoms with Crippen LogP contribution in [-0.2, 0) is 28.8 Å². The Morgan fingerprint density at radius 2 is 1.58 bits per heavy atom. The van der Waals surface area contributed by atoms with Crippen molar-refractivity contribution in [2.45, 2.75) is 71.2 Å². The molecular formula is C28H38BN3O4. The second kappa shape index (κ2) is 9.73. The van der Waals surface area contributed by atoms with E-state index in [4.69, 9.17) is 23.8 Å². The van der Waals surface area contributed by atoms with Crippen molar-refractivity contribution in [3.05, 3.63) is 47.7 Å². The molecule has 1 aromatic carbocycles. The summed E-state index contributed by atoms with van der Waals surface area (Å²) in [6.45, 7) is 12.4. The Labute approximate surface area is 214 Å². The van der Waals surface area contributed by atoms with Crippen molar-refractivity contribution in [3.63, 3.8) is 0 Å². The molecular weight excluding hydrogens is 453 g/mol. The number of methoxy groups -OCH3 is 2. The normalized spacial score (nSPS) is 19.0. The van der Waals surface area contributed by atoms with E-state index >= 15 is 0 Å². The number of aromatic nitrogens is 2. The second-order valence-electron chi connectivity index (χ2n) is 11.0. The summed E-state index contributed by atoms with van der Waals surface area (Å²) in [5, 5.41) is 1.15. The molecule has 1 fully saturated rings. The molecule has 0 unspecified atom stereocenters. The van der Waals surface area contributed by atoms with Crippen molar-refractivity contribution in [2.24, 2.45) is 0 Å². The van der Waals surface area contributed by atoms with E-state index in [0.29, 0.717) is 0 Å². The van der Waals surface area contributed by atoms with Crippen LogP contribution in [0.15, 0.2) is 36.5 Å². The fourth-order valence-corrected chi connectivity index (χ4v) is 5.10. The summed E-state index contributed by atoms with van der Waals surface area (Å²) in [6.07, 6.45) is 5.42. The Hall–Kier alpha value is -2.55. The maximum Gasteiger partial charge on any atom is 0.514 e. The smallest absolute Gasteiger partial charge is 0.493 e. The van der Waals surface area contributed by atoms with Gasteiger partial charge in [0.2, 0.25) is 0 Å². The summed E-state index contributed by atoms with van der Waals surface area (Å²) >= 11 is 0. The van der Waals surface area contributed by atoms with Crippen LogP contribution in [0.5, 0.6) is 11.5 Å². The molecule has 192 valence electrons. The molecule has 0 atom stereocenters. The Bertz CT molecular complexity index is 1220. The van der Waals surface area contributed by atoms with Crippen molar-refractivity contribution in [1.29, 1.82) is 0 Å². The summed E-state index contributed by atoms with van der Waals surface area (Å²) in [5.74, 6) is 1.63. The zero-order valence-corrected chi connectivity index (χ0v) is 22.5. The van der Waals surface area contributed by atoms with E-state index in [1.54, 1.807) is 14.2 Å². The van der Waals surface area contributed by atoms with Crippen molar-refractivity contribution in [3.8, 4) is 11.5 Å². The zero-order valence-electron chi connectivity index (χ0n) is 22.5. The molecule has 2 aromatic heterocycles. The van der Waals surface area contributed by atoms with Gasteiger partial charge < -0.3 is 23.3 Å². The zero-order chi connectivity index (χ0) is 25.5. The molecule has 8 heteroatoms. The maximum atomic E-state index is 6.22. The van der Waals surface area contributed by atoms with Gasteiger partial charge in [0.15, 0.2) is 11.5 Å². The third-order valence-corrected chi connectivity index (χ3v) is 8.05. The summed E-state index contributed by atoms with van der Waals surface area (Å²) in [6, 6.07) is 10.5. The number of rotatable bonds is 8. The van der Waals surface area contributed by atoms with Crippen molar-refractivity contribution in [2.75, 3.05) is 27.3 Å². The second-order valence-corrected chi connectivity index (χ2v) is 11.0. The highest BCUT2D eigenvalue weighted by atomic mass is 16.7. The fraction of sp³-hybridized carbons (Fsp3) is 0.536. The molecule has 0 N–H and O–H groups in total. The number of ether oxygens (including phenoxy) is 2. The van der Waals surface area contributed by atoms with Gasteiger partial charge >= 0.3 is 7.12 Å². The largest absolute Gasteiger partial charge is 0.514 e. The van der Waals surface area contributed by atoms with E-state index in [1.807, 2.05) is 6.07 Å². The molecule has 0 amide bonds. The summed E-state index contributed by atoms with van der Waals surface area (Å²) < 4.78 is 25.7. The third-order valence-electron chi connectivity index (χ3n) is 8.05. The lowest BCUT2D eigenvalue weighted by atomic mass is 9.84. The average Bonchev–Trinajstić information content (AvgIpc) is 3.36. The quantitative estimate of drug-likeness (QED) is 0.348. The molecule has 0 bridgehead atoms. The minimum Gasteiger partial charge on any atom is -0.493 e. The van der Waals surface area contributed by atoms with Crippen LogP contribution >= 0.6 is 0 Å². The molecule has 1 saturated heterocycles. The summed E-state index contributed by atoms with van der Waals surface area (Å²) in [4.78, 5) is 7.49. The van der Waals surface area contributed by atoms with Crippen LogP contribution in [0.1, 0.15) is 51.7 Å². The van der Waals surface area contributed by atoms with Gasteiger partial charge in [-0.1, -0.05) is 6.07 Å².